The minimum absolute atomic E-state index is 0.427. The number of benzene rings is 1. The first-order valence-corrected chi connectivity index (χ1v) is 8.06. The van der Waals surface area contributed by atoms with E-state index >= 15 is 0 Å². The van der Waals surface area contributed by atoms with Crippen LogP contribution in [0.2, 0.25) is 0 Å². The number of aromatic nitrogens is 3. The van der Waals surface area contributed by atoms with Crippen LogP contribution in [0.1, 0.15) is 17.1 Å². The number of nitrogens with two attached hydrogens (primary N) is 1. The number of hydrogen-bond donors (Lipinski definition) is 1. The molecule has 0 aliphatic rings. The van der Waals surface area contributed by atoms with Gasteiger partial charge in [0.1, 0.15) is 23.6 Å². The van der Waals surface area contributed by atoms with Crippen molar-refractivity contribution in [2.45, 2.75) is 27.2 Å². The number of aryl methyl sites for hydroxylation is 1. The van der Waals surface area contributed by atoms with Gasteiger partial charge in [-0.3, -0.25) is 0 Å². The van der Waals surface area contributed by atoms with Gasteiger partial charge in [-0.15, -0.1) is 0 Å². The number of halogens is 1. The molecule has 0 saturated heterocycles. The molecule has 6 heteroatoms. The molecule has 0 fully saturated rings. The van der Waals surface area contributed by atoms with Crippen LogP contribution in [0.4, 0.5) is 5.82 Å². The van der Waals surface area contributed by atoms with Crippen LogP contribution in [0, 0.1) is 17.4 Å². The van der Waals surface area contributed by atoms with Gasteiger partial charge in [-0.25, -0.2) is 9.97 Å². The Bertz CT molecular complexity index is 814. The average molecular weight is 408 g/mol. The van der Waals surface area contributed by atoms with Gasteiger partial charge >= 0.3 is 0 Å². The van der Waals surface area contributed by atoms with Crippen molar-refractivity contribution in [3.63, 3.8) is 0 Å². The van der Waals surface area contributed by atoms with Crippen LogP contribution in [-0.4, -0.2) is 14.5 Å². The lowest BCUT2D eigenvalue weighted by atomic mass is 10.2. The predicted octanol–water partition coefficient (Wildman–Crippen LogP) is 3.41. The van der Waals surface area contributed by atoms with Crippen LogP contribution >= 0.6 is 22.6 Å². The van der Waals surface area contributed by atoms with E-state index in [4.69, 9.17) is 10.5 Å². The number of rotatable bonds is 4. The third kappa shape index (κ3) is 2.80. The molecule has 3 aromatic rings. The highest BCUT2D eigenvalue weighted by atomic mass is 127. The Labute approximate surface area is 142 Å². The van der Waals surface area contributed by atoms with Crippen molar-refractivity contribution in [1.82, 2.24) is 14.5 Å². The van der Waals surface area contributed by atoms with Crippen molar-refractivity contribution >= 4 is 39.4 Å². The van der Waals surface area contributed by atoms with E-state index in [-0.39, 0.29) is 0 Å². The summed E-state index contributed by atoms with van der Waals surface area (Å²) < 4.78 is 8.97. The second kappa shape index (κ2) is 6.21. The minimum Gasteiger partial charge on any atom is -0.382 e. The van der Waals surface area contributed by atoms with Crippen LogP contribution in [0.15, 0.2) is 30.3 Å². The number of anilines is 1. The van der Waals surface area contributed by atoms with E-state index in [1.807, 2.05) is 48.7 Å². The Morgan fingerprint density at radius 1 is 1.18 bits per heavy atom. The van der Waals surface area contributed by atoms with E-state index in [9.17, 15) is 0 Å². The summed E-state index contributed by atoms with van der Waals surface area (Å²) in [7, 11) is 0. The van der Waals surface area contributed by atoms with E-state index in [1.165, 1.54) is 0 Å². The van der Waals surface area contributed by atoms with E-state index in [1.54, 1.807) is 0 Å². The molecule has 5 nitrogen and oxygen atoms in total. The van der Waals surface area contributed by atoms with Gasteiger partial charge in [-0.2, -0.15) is 0 Å². The topological polar surface area (TPSA) is 66.0 Å². The first kappa shape index (κ1) is 15.2. The molecule has 2 heterocycles. The number of nitrogens with zero attached hydrogens (tertiary/aromatic N) is 3. The summed E-state index contributed by atoms with van der Waals surface area (Å²) in [4.78, 5) is 8.78. The van der Waals surface area contributed by atoms with Crippen LogP contribution < -0.4 is 5.73 Å². The number of ether oxygens (including phenoxy) is 1. The van der Waals surface area contributed by atoms with E-state index in [0.717, 1.165) is 25.9 Å². The molecule has 22 heavy (non-hydrogen) atoms. The Kier molecular flexibility index (Phi) is 4.30. The van der Waals surface area contributed by atoms with E-state index in [2.05, 4.69) is 32.6 Å². The molecule has 0 radical (unpaired) electrons. The van der Waals surface area contributed by atoms with Crippen molar-refractivity contribution in [1.29, 1.82) is 0 Å². The summed E-state index contributed by atoms with van der Waals surface area (Å²) in [5.74, 6) is 1.18. The molecule has 0 unspecified atom stereocenters. The van der Waals surface area contributed by atoms with Crippen molar-refractivity contribution < 1.29 is 4.74 Å². The summed E-state index contributed by atoms with van der Waals surface area (Å²) in [5.41, 5.74) is 10.1. The molecule has 0 saturated carbocycles. The molecule has 0 amide bonds. The highest BCUT2D eigenvalue weighted by molar-refractivity contribution is 14.1. The predicted molar refractivity (Wildman–Crippen MR) is 95.4 cm³/mol. The maximum Gasteiger partial charge on any atom is 0.151 e. The maximum absolute atomic E-state index is 6.09. The largest absolute Gasteiger partial charge is 0.382 e. The number of hydrogen-bond acceptors (Lipinski definition) is 4. The molecule has 2 N–H and O–H groups in total. The maximum atomic E-state index is 6.09. The second-order valence-corrected chi connectivity index (χ2v) is 6.22. The normalized spacial score (nSPS) is 11.2. The lowest BCUT2D eigenvalue weighted by Crippen LogP contribution is -2.07. The minimum atomic E-state index is 0.427. The number of nitrogen functional groups attached to an aromatic ring is 1. The van der Waals surface area contributed by atoms with Crippen LogP contribution in [0.25, 0.3) is 11.0 Å². The molecule has 3 rings (SSSR count). The van der Waals surface area contributed by atoms with Gasteiger partial charge in [-0.1, -0.05) is 30.3 Å². The quantitative estimate of drug-likeness (QED) is 0.672. The van der Waals surface area contributed by atoms with Gasteiger partial charge in [0.25, 0.3) is 0 Å². The van der Waals surface area contributed by atoms with Gasteiger partial charge in [0.15, 0.2) is 5.82 Å². The Hall–Kier alpha value is -1.67. The first-order chi connectivity index (χ1) is 10.6. The molecule has 1 aromatic carbocycles. The molecule has 0 atom stereocenters. The Balaban J connectivity index is 1.89. The van der Waals surface area contributed by atoms with Gasteiger partial charge in [0.2, 0.25) is 0 Å². The molecule has 0 spiro atoms. The lowest BCUT2D eigenvalue weighted by Gasteiger charge is -2.10. The van der Waals surface area contributed by atoms with Crippen molar-refractivity contribution in [3.8, 4) is 0 Å². The SMILES string of the molecule is Cc1nc(N)c2c(n1)c(I)c(C)n2COCc1ccccc1. The fourth-order valence-corrected chi connectivity index (χ4v) is 3.12. The molecule has 0 bridgehead atoms. The van der Waals surface area contributed by atoms with Gasteiger partial charge in [0, 0.05) is 5.69 Å². The van der Waals surface area contributed by atoms with Crippen molar-refractivity contribution in [2.75, 3.05) is 5.73 Å². The molecule has 0 aliphatic heterocycles. The van der Waals surface area contributed by atoms with Crippen LogP contribution in [0.3, 0.4) is 0 Å². The highest BCUT2D eigenvalue weighted by Gasteiger charge is 2.17. The average Bonchev–Trinajstić information content (AvgIpc) is 2.74. The summed E-state index contributed by atoms with van der Waals surface area (Å²) in [6.07, 6.45) is 0. The summed E-state index contributed by atoms with van der Waals surface area (Å²) in [5, 5.41) is 0. The molecular weight excluding hydrogens is 391 g/mol. The molecule has 114 valence electrons. The van der Waals surface area contributed by atoms with Crippen molar-refractivity contribution in [2.24, 2.45) is 0 Å². The zero-order chi connectivity index (χ0) is 15.7. The van der Waals surface area contributed by atoms with E-state index < -0.39 is 0 Å². The van der Waals surface area contributed by atoms with Crippen molar-refractivity contribution in [3.05, 3.63) is 51.0 Å². The van der Waals surface area contributed by atoms with E-state index in [0.29, 0.717) is 25.0 Å². The third-order valence-electron chi connectivity index (χ3n) is 3.56. The standard InChI is InChI=1S/C16H17IN4O/c1-10-13(17)14-15(16(18)20-11(2)19-14)21(10)9-22-8-12-6-4-3-5-7-12/h3-7H,8-9H2,1-2H3,(H2,18,19,20). The summed E-state index contributed by atoms with van der Waals surface area (Å²) in [6, 6.07) is 10.1. The first-order valence-electron chi connectivity index (χ1n) is 6.98. The number of fused-ring (bicyclic) bond motifs is 1. The smallest absolute Gasteiger partial charge is 0.151 e. The second-order valence-electron chi connectivity index (χ2n) is 5.14. The fraction of sp³-hybridized carbons (Fsp3) is 0.250. The van der Waals surface area contributed by atoms with Gasteiger partial charge < -0.3 is 15.0 Å². The highest BCUT2D eigenvalue weighted by Crippen LogP contribution is 2.29. The lowest BCUT2D eigenvalue weighted by molar-refractivity contribution is 0.0656. The van der Waals surface area contributed by atoms with Gasteiger partial charge in [0.05, 0.1) is 10.2 Å². The van der Waals surface area contributed by atoms with Crippen LogP contribution in [0.5, 0.6) is 0 Å². The zero-order valence-electron chi connectivity index (χ0n) is 12.5. The Morgan fingerprint density at radius 3 is 2.64 bits per heavy atom. The monoisotopic (exact) mass is 408 g/mol. The molecular formula is C16H17IN4O. The summed E-state index contributed by atoms with van der Waals surface area (Å²) >= 11 is 2.30. The third-order valence-corrected chi connectivity index (χ3v) is 4.85. The fourth-order valence-electron chi connectivity index (χ4n) is 2.46. The Morgan fingerprint density at radius 2 is 1.91 bits per heavy atom. The molecule has 0 aliphatic carbocycles. The van der Waals surface area contributed by atoms with Gasteiger partial charge in [-0.05, 0) is 42.0 Å². The van der Waals surface area contributed by atoms with Crippen LogP contribution in [-0.2, 0) is 18.1 Å². The zero-order valence-corrected chi connectivity index (χ0v) is 14.7. The molecule has 2 aromatic heterocycles. The summed E-state index contributed by atoms with van der Waals surface area (Å²) in [6.45, 7) is 4.88.